The van der Waals surface area contributed by atoms with Crippen molar-refractivity contribution in [2.75, 3.05) is 6.61 Å². The van der Waals surface area contributed by atoms with Gasteiger partial charge in [0, 0.05) is 0 Å². The van der Waals surface area contributed by atoms with Crippen LogP contribution in [-0.2, 0) is 4.79 Å². The smallest absolute Gasteiger partial charge is 0.306 e. The first kappa shape index (κ1) is 12.6. The lowest BCUT2D eigenvalue weighted by Crippen LogP contribution is -2.13. The fourth-order valence-corrected chi connectivity index (χ4v) is 1.43. The molecule has 0 radical (unpaired) electrons. The minimum Gasteiger partial charge on any atom is -0.493 e. The van der Waals surface area contributed by atoms with Gasteiger partial charge in [0.1, 0.15) is 5.75 Å². The Morgan fingerprint density at radius 1 is 1.44 bits per heavy atom. The molecule has 0 amide bonds. The maximum Gasteiger partial charge on any atom is 0.306 e. The first-order valence-electron chi connectivity index (χ1n) is 5.43. The van der Waals surface area contributed by atoms with Crippen LogP contribution in [0.3, 0.4) is 0 Å². The van der Waals surface area contributed by atoms with Gasteiger partial charge in [0.15, 0.2) is 0 Å². The first-order chi connectivity index (χ1) is 7.50. The molecule has 1 N–H and O–H groups in total. The minimum absolute atomic E-state index is 0.356. The Morgan fingerprint density at radius 3 is 2.69 bits per heavy atom. The van der Waals surface area contributed by atoms with Crippen LogP contribution in [0, 0.1) is 19.8 Å². The van der Waals surface area contributed by atoms with E-state index in [4.69, 9.17) is 9.84 Å². The van der Waals surface area contributed by atoms with Crippen molar-refractivity contribution >= 4 is 5.97 Å². The summed E-state index contributed by atoms with van der Waals surface area (Å²) < 4.78 is 5.55. The van der Waals surface area contributed by atoms with Crippen LogP contribution in [0.15, 0.2) is 18.2 Å². The Kier molecular flexibility index (Phi) is 4.35. The Balaban J connectivity index is 2.46. The zero-order valence-corrected chi connectivity index (χ0v) is 9.99. The summed E-state index contributed by atoms with van der Waals surface area (Å²) in [6.07, 6.45) is 0.530. The van der Waals surface area contributed by atoms with E-state index in [1.807, 2.05) is 26.0 Å². The van der Waals surface area contributed by atoms with Crippen LogP contribution in [0.5, 0.6) is 5.75 Å². The van der Waals surface area contributed by atoms with Crippen LogP contribution < -0.4 is 4.74 Å². The molecule has 88 valence electrons. The number of rotatable bonds is 5. The molecular weight excluding hydrogens is 204 g/mol. The normalized spacial score (nSPS) is 12.2. The van der Waals surface area contributed by atoms with E-state index in [0.717, 1.165) is 11.3 Å². The van der Waals surface area contributed by atoms with Crippen molar-refractivity contribution in [3.05, 3.63) is 29.3 Å². The highest BCUT2D eigenvalue weighted by Crippen LogP contribution is 2.19. The second kappa shape index (κ2) is 5.54. The SMILES string of the molecule is Cc1ccc(OCCC(C)C(=O)O)c(C)c1. The fourth-order valence-electron chi connectivity index (χ4n) is 1.43. The molecule has 0 heterocycles. The number of aryl methyl sites for hydroxylation is 2. The zero-order valence-electron chi connectivity index (χ0n) is 9.99. The lowest BCUT2D eigenvalue weighted by Gasteiger charge is -2.11. The topological polar surface area (TPSA) is 46.5 Å². The van der Waals surface area contributed by atoms with Gasteiger partial charge in [-0.2, -0.15) is 0 Å². The van der Waals surface area contributed by atoms with E-state index >= 15 is 0 Å². The number of benzene rings is 1. The zero-order chi connectivity index (χ0) is 12.1. The maximum atomic E-state index is 10.6. The van der Waals surface area contributed by atoms with Crippen molar-refractivity contribution in [2.45, 2.75) is 27.2 Å². The van der Waals surface area contributed by atoms with Crippen molar-refractivity contribution < 1.29 is 14.6 Å². The van der Waals surface area contributed by atoms with Crippen LogP contribution in [0.4, 0.5) is 0 Å². The van der Waals surface area contributed by atoms with Gasteiger partial charge in [-0.3, -0.25) is 4.79 Å². The Labute approximate surface area is 96.1 Å². The highest BCUT2D eigenvalue weighted by Gasteiger charge is 2.10. The predicted molar refractivity (Wildman–Crippen MR) is 62.8 cm³/mol. The molecule has 3 heteroatoms. The van der Waals surface area contributed by atoms with Crippen LogP contribution in [0.25, 0.3) is 0 Å². The van der Waals surface area contributed by atoms with E-state index in [-0.39, 0.29) is 5.92 Å². The Hall–Kier alpha value is -1.51. The van der Waals surface area contributed by atoms with E-state index in [1.54, 1.807) is 6.92 Å². The molecule has 0 aliphatic carbocycles. The van der Waals surface area contributed by atoms with Gasteiger partial charge in [-0.1, -0.05) is 24.6 Å². The first-order valence-corrected chi connectivity index (χ1v) is 5.43. The average Bonchev–Trinajstić information content (AvgIpc) is 2.20. The minimum atomic E-state index is -0.774. The monoisotopic (exact) mass is 222 g/mol. The molecule has 16 heavy (non-hydrogen) atoms. The number of carboxylic acids is 1. The number of aliphatic carboxylic acids is 1. The van der Waals surface area contributed by atoms with Gasteiger partial charge in [-0.25, -0.2) is 0 Å². The molecule has 0 fully saturated rings. The highest BCUT2D eigenvalue weighted by atomic mass is 16.5. The van der Waals surface area contributed by atoms with Crippen LogP contribution in [0.2, 0.25) is 0 Å². The lowest BCUT2D eigenvalue weighted by atomic mass is 10.1. The summed E-state index contributed by atoms with van der Waals surface area (Å²) >= 11 is 0. The van der Waals surface area contributed by atoms with Gasteiger partial charge >= 0.3 is 5.97 Å². The van der Waals surface area contributed by atoms with E-state index in [9.17, 15) is 4.79 Å². The third-order valence-corrected chi connectivity index (χ3v) is 2.56. The predicted octanol–water partition coefficient (Wildman–Crippen LogP) is 2.79. The third-order valence-electron chi connectivity index (χ3n) is 2.56. The lowest BCUT2D eigenvalue weighted by molar-refractivity contribution is -0.141. The van der Waals surface area contributed by atoms with Crippen molar-refractivity contribution in [1.29, 1.82) is 0 Å². The van der Waals surface area contributed by atoms with Gasteiger partial charge in [-0.15, -0.1) is 0 Å². The quantitative estimate of drug-likeness (QED) is 0.833. The van der Waals surface area contributed by atoms with Crippen molar-refractivity contribution in [2.24, 2.45) is 5.92 Å². The average molecular weight is 222 g/mol. The molecule has 0 saturated carbocycles. The largest absolute Gasteiger partial charge is 0.493 e. The van der Waals surface area contributed by atoms with Crippen LogP contribution in [-0.4, -0.2) is 17.7 Å². The highest BCUT2D eigenvalue weighted by molar-refractivity contribution is 5.69. The number of carbonyl (C=O) groups is 1. The van der Waals surface area contributed by atoms with E-state index in [0.29, 0.717) is 13.0 Å². The van der Waals surface area contributed by atoms with Gasteiger partial charge in [-0.05, 0) is 31.9 Å². The summed E-state index contributed by atoms with van der Waals surface area (Å²) in [6, 6.07) is 5.97. The molecule has 1 unspecified atom stereocenters. The van der Waals surface area contributed by atoms with Crippen LogP contribution in [0.1, 0.15) is 24.5 Å². The van der Waals surface area contributed by atoms with E-state index in [2.05, 4.69) is 6.07 Å². The summed E-state index contributed by atoms with van der Waals surface area (Å²) in [7, 11) is 0. The molecule has 1 rings (SSSR count). The summed E-state index contributed by atoms with van der Waals surface area (Å²) in [4.78, 5) is 10.6. The summed E-state index contributed by atoms with van der Waals surface area (Å²) in [5.74, 6) is -0.293. The maximum absolute atomic E-state index is 10.6. The molecule has 0 spiro atoms. The van der Waals surface area contributed by atoms with Crippen molar-refractivity contribution in [3.8, 4) is 5.75 Å². The summed E-state index contributed by atoms with van der Waals surface area (Å²) in [5, 5.41) is 8.71. The summed E-state index contributed by atoms with van der Waals surface area (Å²) in [6.45, 7) is 6.15. The Morgan fingerprint density at radius 2 is 2.12 bits per heavy atom. The van der Waals surface area contributed by atoms with Crippen molar-refractivity contribution in [3.63, 3.8) is 0 Å². The number of hydrogen-bond donors (Lipinski definition) is 1. The third kappa shape index (κ3) is 3.57. The van der Waals surface area contributed by atoms with Crippen LogP contribution >= 0.6 is 0 Å². The molecule has 3 nitrogen and oxygen atoms in total. The molecule has 1 aromatic carbocycles. The molecule has 0 bridgehead atoms. The molecule has 1 aromatic rings. The fraction of sp³-hybridized carbons (Fsp3) is 0.462. The number of hydrogen-bond acceptors (Lipinski definition) is 2. The summed E-state index contributed by atoms with van der Waals surface area (Å²) in [5.41, 5.74) is 2.28. The second-order valence-electron chi connectivity index (χ2n) is 4.15. The molecule has 1 atom stereocenters. The molecule has 0 aromatic heterocycles. The van der Waals surface area contributed by atoms with Gasteiger partial charge in [0.2, 0.25) is 0 Å². The van der Waals surface area contributed by atoms with E-state index in [1.165, 1.54) is 5.56 Å². The van der Waals surface area contributed by atoms with E-state index < -0.39 is 5.97 Å². The Bertz CT molecular complexity index is 371. The molecular formula is C13H18O3. The van der Waals surface area contributed by atoms with Crippen molar-refractivity contribution in [1.82, 2.24) is 0 Å². The molecule has 0 saturated heterocycles. The number of ether oxygens (including phenoxy) is 1. The standard InChI is InChI=1S/C13H18O3/c1-9-4-5-12(11(3)8-9)16-7-6-10(2)13(14)15/h4-5,8,10H,6-7H2,1-3H3,(H,14,15). The second-order valence-corrected chi connectivity index (χ2v) is 4.15. The van der Waals surface area contributed by atoms with Gasteiger partial charge in [0.05, 0.1) is 12.5 Å². The molecule has 0 aliphatic heterocycles. The number of carboxylic acid groups (broad SMARTS) is 1. The van der Waals surface area contributed by atoms with Gasteiger partial charge < -0.3 is 9.84 Å². The van der Waals surface area contributed by atoms with Gasteiger partial charge in [0.25, 0.3) is 0 Å². The molecule has 0 aliphatic rings.